The van der Waals surface area contributed by atoms with E-state index >= 15 is 0 Å². The molecule has 0 aliphatic carbocycles. The average Bonchev–Trinajstić information content (AvgIpc) is 3.30. The number of carbonyl (C=O) groups is 1. The van der Waals surface area contributed by atoms with Crippen LogP contribution >= 0.6 is 11.8 Å². The number of nitro benzene ring substituents is 1. The van der Waals surface area contributed by atoms with E-state index < -0.39 is 4.92 Å². The number of nitro groups is 1. The number of hydrogen-bond acceptors (Lipinski definition) is 6. The van der Waals surface area contributed by atoms with Gasteiger partial charge in [-0.25, -0.2) is 0 Å². The van der Waals surface area contributed by atoms with Crippen molar-refractivity contribution in [3.05, 3.63) is 82.2 Å². The summed E-state index contributed by atoms with van der Waals surface area (Å²) in [5.74, 6) is 1.10. The molecule has 152 valence electrons. The van der Waals surface area contributed by atoms with E-state index in [1.54, 1.807) is 25.1 Å². The van der Waals surface area contributed by atoms with Crippen molar-refractivity contribution in [2.24, 2.45) is 0 Å². The quantitative estimate of drug-likeness (QED) is 0.265. The first-order valence-electron chi connectivity index (χ1n) is 9.17. The molecule has 0 atom stereocenters. The van der Waals surface area contributed by atoms with Crippen LogP contribution in [0.3, 0.4) is 0 Å². The molecule has 0 saturated carbocycles. The minimum atomic E-state index is -0.408. The topological polar surface area (TPSA) is 103 Å². The van der Waals surface area contributed by atoms with Crippen LogP contribution in [0.4, 0.5) is 11.5 Å². The molecule has 30 heavy (non-hydrogen) atoms. The summed E-state index contributed by atoms with van der Waals surface area (Å²) in [6.07, 6.45) is 2.00. The highest BCUT2D eigenvalue weighted by Gasteiger charge is 2.13. The third-order valence-corrected chi connectivity index (χ3v) is 5.55. The number of aromatic nitrogens is 2. The van der Waals surface area contributed by atoms with E-state index in [-0.39, 0.29) is 17.3 Å². The molecule has 0 unspecified atom stereocenters. The number of anilines is 1. The third-order valence-electron chi connectivity index (χ3n) is 4.51. The Morgan fingerprint density at radius 1 is 1.23 bits per heavy atom. The lowest BCUT2D eigenvalue weighted by Gasteiger charge is -2.05. The first-order valence-corrected chi connectivity index (χ1v) is 10.2. The molecular formula is C21H18N4O4S. The number of rotatable bonds is 7. The summed E-state index contributed by atoms with van der Waals surface area (Å²) in [7, 11) is 0. The van der Waals surface area contributed by atoms with Crippen LogP contribution < -0.4 is 5.32 Å². The molecule has 0 spiro atoms. The van der Waals surface area contributed by atoms with Crippen molar-refractivity contribution in [3.63, 3.8) is 0 Å². The smallest absolute Gasteiger partial charge is 0.269 e. The Balaban J connectivity index is 1.50. The van der Waals surface area contributed by atoms with Crippen molar-refractivity contribution < 1.29 is 14.2 Å². The SMILES string of the molecule is Cc1cc(NC(=O)CSc2cn(Cc3ccc([N+](=O)[O-])cc3)c3ccccc23)no1. The number of non-ortho nitro benzene ring substituents is 1. The molecule has 0 aliphatic heterocycles. The monoisotopic (exact) mass is 422 g/mol. The van der Waals surface area contributed by atoms with E-state index in [1.807, 2.05) is 30.5 Å². The van der Waals surface area contributed by atoms with E-state index in [4.69, 9.17) is 4.52 Å². The van der Waals surface area contributed by atoms with Gasteiger partial charge in [0.1, 0.15) is 5.76 Å². The van der Waals surface area contributed by atoms with Crippen LogP contribution in [-0.4, -0.2) is 26.3 Å². The fourth-order valence-corrected chi connectivity index (χ4v) is 4.01. The van der Waals surface area contributed by atoms with Crippen molar-refractivity contribution in [1.82, 2.24) is 9.72 Å². The number of thioether (sulfide) groups is 1. The summed E-state index contributed by atoms with van der Waals surface area (Å²) in [6.45, 7) is 2.33. The normalized spacial score (nSPS) is 11.0. The lowest BCUT2D eigenvalue weighted by atomic mass is 10.2. The molecule has 8 nitrogen and oxygen atoms in total. The predicted molar refractivity (Wildman–Crippen MR) is 115 cm³/mol. The molecule has 1 N–H and O–H groups in total. The lowest BCUT2D eigenvalue weighted by Crippen LogP contribution is -2.14. The zero-order valence-electron chi connectivity index (χ0n) is 16.1. The second kappa shape index (κ2) is 8.42. The predicted octanol–water partition coefficient (Wildman–Crippen LogP) is 4.63. The van der Waals surface area contributed by atoms with E-state index in [0.717, 1.165) is 21.4 Å². The molecular weight excluding hydrogens is 404 g/mol. The van der Waals surface area contributed by atoms with Gasteiger partial charge in [-0.05, 0) is 18.6 Å². The first kappa shape index (κ1) is 19.7. The Hall–Kier alpha value is -3.59. The Bertz CT molecular complexity index is 1210. The highest BCUT2D eigenvalue weighted by Crippen LogP contribution is 2.30. The Morgan fingerprint density at radius 3 is 2.70 bits per heavy atom. The summed E-state index contributed by atoms with van der Waals surface area (Å²) in [5.41, 5.74) is 2.06. The van der Waals surface area contributed by atoms with Crippen LogP contribution in [0.5, 0.6) is 0 Å². The lowest BCUT2D eigenvalue weighted by molar-refractivity contribution is -0.384. The number of amides is 1. The summed E-state index contributed by atoms with van der Waals surface area (Å²) >= 11 is 1.44. The Morgan fingerprint density at radius 2 is 2.00 bits per heavy atom. The minimum Gasteiger partial charge on any atom is -0.360 e. The Kier molecular flexibility index (Phi) is 5.53. The highest BCUT2D eigenvalue weighted by atomic mass is 32.2. The molecule has 2 aromatic heterocycles. The number of fused-ring (bicyclic) bond motifs is 1. The molecule has 0 fully saturated rings. The molecule has 1 amide bonds. The standard InChI is InChI=1S/C21H18N4O4S/c1-14-10-20(23-29-14)22-21(26)13-30-19-12-24(18-5-3-2-4-17(18)19)11-15-6-8-16(9-7-15)25(27)28/h2-10,12H,11,13H2,1H3,(H,22,23,26). The fraction of sp³-hybridized carbons (Fsp3) is 0.143. The van der Waals surface area contributed by atoms with Gasteiger partial charge in [0.05, 0.1) is 10.7 Å². The second-order valence-corrected chi connectivity index (χ2v) is 7.74. The van der Waals surface area contributed by atoms with Gasteiger partial charge in [-0.2, -0.15) is 0 Å². The maximum atomic E-state index is 12.2. The molecule has 9 heteroatoms. The van der Waals surface area contributed by atoms with Crippen LogP contribution in [0, 0.1) is 17.0 Å². The van der Waals surface area contributed by atoms with Gasteiger partial charge in [-0.1, -0.05) is 35.5 Å². The second-order valence-electron chi connectivity index (χ2n) is 6.72. The molecule has 0 aliphatic rings. The average molecular weight is 422 g/mol. The number of carbonyl (C=O) groups excluding carboxylic acids is 1. The highest BCUT2D eigenvalue weighted by molar-refractivity contribution is 8.00. The van der Waals surface area contributed by atoms with E-state index in [9.17, 15) is 14.9 Å². The number of para-hydroxylation sites is 1. The summed E-state index contributed by atoms with van der Waals surface area (Å²) < 4.78 is 7.04. The van der Waals surface area contributed by atoms with Crippen LogP contribution in [0.2, 0.25) is 0 Å². The summed E-state index contributed by atoms with van der Waals surface area (Å²) in [5, 5.41) is 18.4. The molecule has 0 saturated heterocycles. The first-order chi connectivity index (χ1) is 14.5. The largest absolute Gasteiger partial charge is 0.360 e. The van der Waals surface area contributed by atoms with E-state index in [1.165, 1.54) is 23.9 Å². The Labute approximate surface area is 176 Å². The zero-order chi connectivity index (χ0) is 21.1. The summed E-state index contributed by atoms with van der Waals surface area (Å²) in [4.78, 5) is 23.7. The van der Waals surface area contributed by atoms with Crippen LogP contribution in [0.1, 0.15) is 11.3 Å². The number of nitrogens with one attached hydrogen (secondary N) is 1. The van der Waals surface area contributed by atoms with Gasteiger partial charge in [0, 0.05) is 46.7 Å². The van der Waals surface area contributed by atoms with Crippen LogP contribution in [0.15, 0.2) is 70.2 Å². The molecule has 4 rings (SSSR count). The van der Waals surface area contributed by atoms with Crippen molar-refractivity contribution in [2.75, 3.05) is 11.1 Å². The van der Waals surface area contributed by atoms with Crippen molar-refractivity contribution in [2.45, 2.75) is 18.4 Å². The number of aryl methyl sites for hydroxylation is 1. The van der Waals surface area contributed by atoms with Crippen LogP contribution in [-0.2, 0) is 11.3 Å². The number of benzene rings is 2. The van der Waals surface area contributed by atoms with Crippen molar-refractivity contribution >= 4 is 40.1 Å². The van der Waals surface area contributed by atoms with Gasteiger partial charge < -0.3 is 14.4 Å². The molecule has 2 heterocycles. The summed E-state index contributed by atoms with van der Waals surface area (Å²) in [6, 6.07) is 16.1. The van der Waals surface area contributed by atoms with E-state index in [2.05, 4.69) is 15.0 Å². The van der Waals surface area contributed by atoms with Crippen molar-refractivity contribution in [3.8, 4) is 0 Å². The fourth-order valence-electron chi connectivity index (χ4n) is 3.13. The van der Waals surface area contributed by atoms with Gasteiger partial charge in [-0.3, -0.25) is 14.9 Å². The minimum absolute atomic E-state index is 0.0701. The van der Waals surface area contributed by atoms with Gasteiger partial charge in [0.15, 0.2) is 5.82 Å². The molecule has 0 radical (unpaired) electrons. The maximum Gasteiger partial charge on any atom is 0.269 e. The van der Waals surface area contributed by atoms with Crippen LogP contribution in [0.25, 0.3) is 10.9 Å². The zero-order valence-corrected chi connectivity index (χ0v) is 16.9. The van der Waals surface area contributed by atoms with E-state index in [0.29, 0.717) is 18.1 Å². The number of nitrogens with zero attached hydrogens (tertiary/aromatic N) is 3. The van der Waals surface area contributed by atoms with Gasteiger partial charge in [0.25, 0.3) is 5.69 Å². The maximum absolute atomic E-state index is 12.2. The third kappa shape index (κ3) is 4.36. The molecule has 2 aromatic carbocycles. The molecule has 0 bridgehead atoms. The van der Waals surface area contributed by atoms with Gasteiger partial charge in [-0.15, -0.1) is 11.8 Å². The van der Waals surface area contributed by atoms with Crippen molar-refractivity contribution in [1.29, 1.82) is 0 Å². The molecule has 4 aromatic rings. The van der Waals surface area contributed by atoms with Gasteiger partial charge >= 0.3 is 0 Å². The van der Waals surface area contributed by atoms with Gasteiger partial charge in [0.2, 0.25) is 5.91 Å². The number of hydrogen-bond donors (Lipinski definition) is 1.